The minimum absolute atomic E-state index is 0.0926. The number of amides is 1. The summed E-state index contributed by atoms with van der Waals surface area (Å²) in [5.74, 6) is 1.49. The van der Waals surface area contributed by atoms with E-state index in [-0.39, 0.29) is 5.91 Å². The number of carbonyl (C=O) groups is 1. The highest BCUT2D eigenvalue weighted by molar-refractivity contribution is 7.71. The lowest BCUT2D eigenvalue weighted by Crippen LogP contribution is -2.23. The molecule has 0 bridgehead atoms. The highest BCUT2D eigenvalue weighted by Gasteiger charge is 2.14. The maximum absolute atomic E-state index is 11.7. The van der Waals surface area contributed by atoms with Crippen molar-refractivity contribution in [3.8, 4) is 17.1 Å². The van der Waals surface area contributed by atoms with E-state index in [4.69, 9.17) is 22.1 Å². The van der Waals surface area contributed by atoms with Crippen molar-refractivity contribution in [2.45, 2.75) is 19.8 Å². The van der Waals surface area contributed by atoms with Crippen LogP contribution in [0.1, 0.15) is 15.9 Å². The normalized spacial score (nSPS) is 10.8. The molecule has 0 unspecified atom stereocenters. The van der Waals surface area contributed by atoms with Crippen LogP contribution in [0, 0.1) is 4.77 Å². The van der Waals surface area contributed by atoms with Gasteiger partial charge in [-0.1, -0.05) is 18.2 Å². The second-order valence-electron chi connectivity index (χ2n) is 7.17. The summed E-state index contributed by atoms with van der Waals surface area (Å²) in [6.07, 6.45) is 1.81. The molecule has 1 heterocycles. The zero-order valence-electron chi connectivity index (χ0n) is 18.0. The Hall–Kier alpha value is -3.23. The third kappa shape index (κ3) is 5.28. The van der Waals surface area contributed by atoms with Crippen LogP contribution in [0.2, 0.25) is 0 Å². The topological polar surface area (TPSA) is 64.3 Å². The molecule has 0 aliphatic heterocycles. The number of hydrogen-bond acceptors (Lipinski definition) is 5. The Labute approximate surface area is 187 Å². The van der Waals surface area contributed by atoms with Crippen LogP contribution in [-0.4, -0.2) is 46.4 Å². The van der Waals surface area contributed by atoms with Gasteiger partial charge in [0.05, 0.1) is 13.8 Å². The van der Waals surface area contributed by atoms with Crippen LogP contribution in [0.15, 0.2) is 61.2 Å². The molecule has 3 rings (SSSR count). The molecular weight excluding hydrogens is 410 g/mol. The second-order valence-corrected chi connectivity index (χ2v) is 7.53. The van der Waals surface area contributed by atoms with Gasteiger partial charge in [0.15, 0.2) is 10.6 Å². The lowest BCUT2D eigenvalue weighted by Gasteiger charge is -2.16. The van der Waals surface area contributed by atoms with Crippen LogP contribution in [0.3, 0.4) is 0 Å². The first kappa shape index (κ1) is 22.5. The molecule has 0 aliphatic carbocycles. The summed E-state index contributed by atoms with van der Waals surface area (Å²) in [6, 6.07) is 15.3. The van der Waals surface area contributed by atoms with Crippen LogP contribution in [0.5, 0.6) is 5.75 Å². The predicted octanol–water partition coefficient (Wildman–Crippen LogP) is 3.72. The molecule has 1 amide bonds. The van der Waals surface area contributed by atoms with E-state index in [1.165, 1.54) is 0 Å². The number of hydrogen-bond donors (Lipinski definition) is 1. The van der Waals surface area contributed by atoms with E-state index in [9.17, 15) is 4.79 Å². The molecule has 0 spiro atoms. The first-order chi connectivity index (χ1) is 15.0. The number of carbonyl (C=O) groups excluding carboxylic acids is 1. The molecule has 0 atom stereocenters. The van der Waals surface area contributed by atoms with Gasteiger partial charge in [-0.3, -0.25) is 14.3 Å². The highest BCUT2D eigenvalue weighted by atomic mass is 32.1. The Morgan fingerprint density at radius 1 is 1.23 bits per heavy atom. The summed E-state index contributed by atoms with van der Waals surface area (Å²) in [5, 5.41) is 7.41. The summed E-state index contributed by atoms with van der Waals surface area (Å²) in [5.41, 5.74) is 2.70. The molecule has 0 saturated carbocycles. The summed E-state index contributed by atoms with van der Waals surface area (Å²) >= 11 is 5.69. The minimum atomic E-state index is -0.0926. The van der Waals surface area contributed by atoms with E-state index >= 15 is 0 Å². The molecule has 8 heteroatoms. The molecule has 1 aromatic heterocycles. The van der Waals surface area contributed by atoms with Gasteiger partial charge in [0.25, 0.3) is 5.91 Å². The van der Waals surface area contributed by atoms with Crippen molar-refractivity contribution in [3.05, 3.63) is 77.1 Å². The van der Waals surface area contributed by atoms with Crippen molar-refractivity contribution in [3.63, 3.8) is 0 Å². The first-order valence-corrected chi connectivity index (χ1v) is 10.3. The largest absolute Gasteiger partial charge is 0.497 e. The van der Waals surface area contributed by atoms with E-state index in [0.29, 0.717) is 30.1 Å². The maximum Gasteiger partial charge on any atom is 0.251 e. The van der Waals surface area contributed by atoms with Crippen LogP contribution in [0.4, 0.5) is 0 Å². The number of ether oxygens (including phenoxy) is 1. The van der Waals surface area contributed by atoms with E-state index < -0.39 is 0 Å². The van der Waals surface area contributed by atoms with E-state index in [1.54, 1.807) is 14.2 Å². The molecule has 0 saturated heterocycles. The van der Waals surface area contributed by atoms with Gasteiger partial charge in [0.1, 0.15) is 5.75 Å². The predicted molar refractivity (Wildman–Crippen MR) is 125 cm³/mol. The van der Waals surface area contributed by atoms with Gasteiger partial charge in [-0.2, -0.15) is 5.10 Å². The van der Waals surface area contributed by atoms with E-state index in [0.717, 1.165) is 22.7 Å². The molecule has 3 aromatic rings. The Morgan fingerprint density at radius 2 is 1.90 bits per heavy atom. The summed E-state index contributed by atoms with van der Waals surface area (Å²) < 4.78 is 9.67. The summed E-state index contributed by atoms with van der Waals surface area (Å²) in [4.78, 5) is 13.8. The molecule has 0 fully saturated rings. The minimum Gasteiger partial charge on any atom is -0.497 e. The van der Waals surface area contributed by atoms with Gasteiger partial charge in [-0.05, 0) is 61.2 Å². The number of nitrogens with one attached hydrogen (secondary N) is 1. The monoisotopic (exact) mass is 437 g/mol. The lowest BCUT2D eigenvalue weighted by molar-refractivity contribution is 0.0963. The fourth-order valence-corrected chi connectivity index (χ4v) is 3.54. The molecule has 162 valence electrons. The van der Waals surface area contributed by atoms with Crippen LogP contribution in [-0.2, 0) is 19.8 Å². The quantitative estimate of drug-likeness (QED) is 0.408. The average Bonchev–Trinajstić information content (AvgIpc) is 3.09. The molecule has 0 radical (unpaired) electrons. The zero-order valence-corrected chi connectivity index (χ0v) is 18.9. The number of rotatable bonds is 9. The third-order valence-electron chi connectivity index (χ3n) is 4.85. The van der Waals surface area contributed by atoms with Crippen molar-refractivity contribution in [1.82, 2.24) is 24.6 Å². The maximum atomic E-state index is 11.7. The van der Waals surface area contributed by atoms with Gasteiger partial charge in [0, 0.05) is 31.3 Å². The summed E-state index contributed by atoms with van der Waals surface area (Å²) in [7, 11) is 5.28. The number of nitrogens with zero attached hydrogens (tertiary/aromatic N) is 4. The van der Waals surface area contributed by atoms with Crippen molar-refractivity contribution < 1.29 is 9.53 Å². The van der Waals surface area contributed by atoms with E-state index in [1.807, 2.05) is 70.9 Å². The van der Waals surface area contributed by atoms with Gasteiger partial charge in [0.2, 0.25) is 0 Å². The Kier molecular flexibility index (Phi) is 7.38. The fourth-order valence-electron chi connectivity index (χ4n) is 3.28. The van der Waals surface area contributed by atoms with E-state index in [2.05, 4.69) is 16.8 Å². The zero-order chi connectivity index (χ0) is 22.4. The van der Waals surface area contributed by atoms with Gasteiger partial charge in [-0.25, -0.2) is 4.68 Å². The van der Waals surface area contributed by atoms with Crippen molar-refractivity contribution >= 4 is 18.1 Å². The van der Waals surface area contributed by atoms with Crippen molar-refractivity contribution in [2.24, 2.45) is 0 Å². The molecule has 0 aliphatic rings. The second kappa shape index (κ2) is 10.2. The van der Waals surface area contributed by atoms with Gasteiger partial charge >= 0.3 is 0 Å². The molecule has 2 aromatic carbocycles. The smallest absolute Gasteiger partial charge is 0.251 e. The molecule has 1 N–H and O–H groups in total. The number of allylic oxidation sites excluding steroid dienone is 1. The third-order valence-corrected chi connectivity index (χ3v) is 5.28. The summed E-state index contributed by atoms with van der Waals surface area (Å²) in [6.45, 7) is 5.65. The average molecular weight is 438 g/mol. The molecule has 31 heavy (non-hydrogen) atoms. The van der Waals surface area contributed by atoms with Crippen LogP contribution in [0.25, 0.3) is 11.4 Å². The Morgan fingerprint density at radius 3 is 2.48 bits per heavy atom. The highest BCUT2D eigenvalue weighted by Crippen LogP contribution is 2.22. The first-order valence-electron chi connectivity index (χ1n) is 9.89. The Bertz CT molecular complexity index is 1100. The number of methoxy groups -OCH3 is 1. The molecular formula is C23H27N5O2S. The number of aromatic nitrogens is 3. The van der Waals surface area contributed by atoms with Gasteiger partial charge in [-0.15, -0.1) is 6.58 Å². The van der Waals surface area contributed by atoms with Crippen molar-refractivity contribution in [2.75, 3.05) is 21.2 Å². The van der Waals surface area contributed by atoms with Crippen molar-refractivity contribution in [1.29, 1.82) is 0 Å². The van der Waals surface area contributed by atoms with Gasteiger partial charge < -0.3 is 10.1 Å². The number of benzene rings is 2. The van der Waals surface area contributed by atoms with Crippen LogP contribution < -0.4 is 10.1 Å². The fraction of sp³-hybridized carbons (Fsp3) is 0.261. The SMILES string of the molecule is C=CCn1c(-c2ccc(OC)cc2)nn(CN(C)Cc2ccc(C(=O)NC)cc2)c1=S. The standard InChI is InChI=1S/C23H27N5O2S/c1-5-14-27-21(18-10-12-20(30-4)13-11-18)25-28(23(27)31)16-26(3)15-17-6-8-19(9-7-17)22(29)24-2/h5-13H,1,14-16H2,2-4H3,(H,24,29). The Balaban J connectivity index is 1.79. The lowest BCUT2D eigenvalue weighted by atomic mass is 10.1. The molecule has 7 nitrogen and oxygen atoms in total. The van der Waals surface area contributed by atoms with Crippen LogP contribution >= 0.6 is 12.2 Å².